The van der Waals surface area contributed by atoms with E-state index >= 15 is 0 Å². The van der Waals surface area contributed by atoms with E-state index in [2.05, 4.69) is 5.32 Å². The Labute approximate surface area is 87.2 Å². The molecule has 0 aliphatic heterocycles. The lowest BCUT2D eigenvalue weighted by Crippen LogP contribution is -2.40. The van der Waals surface area contributed by atoms with E-state index in [1.165, 1.54) is 0 Å². The lowest BCUT2D eigenvalue weighted by Gasteiger charge is -2.17. The van der Waals surface area contributed by atoms with E-state index in [0.29, 0.717) is 6.04 Å². The van der Waals surface area contributed by atoms with Crippen LogP contribution in [0.25, 0.3) is 0 Å². The number of aliphatic hydroxyl groups excluding tert-OH is 1. The van der Waals surface area contributed by atoms with Gasteiger partial charge in [-0.3, -0.25) is 4.79 Å². The molecule has 1 rings (SSSR count). The Balaban J connectivity index is 2.11. The molecule has 1 saturated carbocycles. The summed E-state index contributed by atoms with van der Waals surface area (Å²) in [5, 5.41) is 11.3. The maximum Gasteiger partial charge on any atom is 0.265 e. The average molecular weight is 222 g/mol. The zero-order valence-corrected chi connectivity index (χ0v) is 8.62. The van der Waals surface area contributed by atoms with Crippen LogP contribution in [0.3, 0.4) is 0 Å². The fourth-order valence-electron chi connectivity index (χ4n) is 1.21. The van der Waals surface area contributed by atoms with Crippen LogP contribution >= 0.6 is 0 Å². The molecule has 2 N–H and O–H groups in total. The Morgan fingerprint density at radius 2 is 2.20 bits per heavy atom. The smallest absolute Gasteiger partial charge is 0.265 e. The van der Waals surface area contributed by atoms with Gasteiger partial charge in [-0.25, -0.2) is 8.78 Å². The number of halogens is 2. The Kier molecular flexibility index (Phi) is 4.41. The molecule has 0 radical (unpaired) electrons. The second-order valence-corrected chi connectivity index (χ2v) is 3.77. The third kappa shape index (κ3) is 4.09. The topological polar surface area (TPSA) is 52.6 Å². The first-order chi connectivity index (χ1) is 7.02. The number of aliphatic hydroxyl groups is 1. The van der Waals surface area contributed by atoms with E-state index in [-0.39, 0.29) is 19.0 Å². The van der Waals surface area contributed by atoms with Gasteiger partial charge in [0.05, 0.1) is 6.54 Å². The maximum absolute atomic E-state index is 11.9. The van der Waals surface area contributed by atoms with Gasteiger partial charge in [0.15, 0.2) is 0 Å². The van der Waals surface area contributed by atoms with Crippen molar-refractivity contribution < 1.29 is 18.7 Å². The molecule has 1 unspecified atom stereocenters. The first kappa shape index (κ1) is 12.3. The van der Waals surface area contributed by atoms with Gasteiger partial charge in [0.1, 0.15) is 6.10 Å². The van der Waals surface area contributed by atoms with Gasteiger partial charge in [-0.15, -0.1) is 0 Å². The highest BCUT2D eigenvalue weighted by atomic mass is 19.3. The van der Waals surface area contributed by atoms with Crippen LogP contribution in [0.2, 0.25) is 0 Å². The molecule has 1 amide bonds. The summed E-state index contributed by atoms with van der Waals surface area (Å²) in [5.41, 5.74) is 0. The molecule has 15 heavy (non-hydrogen) atoms. The summed E-state index contributed by atoms with van der Waals surface area (Å²) in [6.07, 6.45) is -2.44. The van der Waals surface area contributed by atoms with Gasteiger partial charge in [0.25, 0.3) is 6.43 Å². The predicted octanol–water partition coefficient (Wildman–Crippen LogP) is -0.177. The van der Waals surface area contributed by atoms with Gasteiger partial charge >= 0.3 is 0 Å². The number of rotatable bonds is 6. The molecule has 0 heterocycles. The number of hydrogen-bond acceptors (Lipinski definition) is 3. The first-order valence-corrected chi connectivity index (χ1v) is 4.95. The Hall–Kier alpha value is -0.750. The number of alkyl halides is 2. The molecular weight excluding hydrogens is 206 g/mol. The summed E-state index contributed by atoms with van der Waals surface area (Å²) in [7, 11) is 1.70. The van der Waals surface area contributed by atoms with E-state index in [1.807, 2.05) is 0 Å². The van der Waals surface area contributed by atoms with Crippen molar-refractivity contribution in [1.29, 1.82) is 0 Å². The monoisotopic (exact) mass is 222 g/mol. The summed E-state index contributed by atoms with van der Waals surface area (Å²) >= 11 is 0. The number of carbonyl (C=O) groups excluding carboxylic acids is 1. The summed E-state index contributed by atoms with van der Waals surface area (Å²) in [4.78, 5) is 13.0. The summed E-state index contributed by atoms with van der Waals surface area (Å²) in [6.45, 7) is -0.265. The highest BCUT2D eigenvalue weighted by Gasteiger charge is 2.29. The van der Waals surface area contributed by atoms with E-state index in [1.54, 1.807) is 11.9 Å². The van der Waals surface area contributed by atoms with Crippen LogP contribution in [-0.2, 0) is 4.79 Å². The molecule has 0 saturated heterocycles. The molecule has 88 valence electrons. The van der Waals surface area contributed by atoms with E-state index in [0.717, 1.165) is 12.8 Å². The van der Waals surface area contributed by atoms with Gasteiger partial charge in [-0.2, -0.15) is 0 Å². The molecule has 1 aliphatic carbocycles. The molecule has 1 aliphatic rings. The van der Waals surface area contributed by atoms with Crippen LogP contribution in [0.15, 0.2) is 0 Å². The van der Waals surface area contributed by atoms with Gasteiger partial charge in [0, 0.05) is 19.6 Å². The van der Waals surface area contributed by atoms with Crippen molar-refractivity contribution >= 4 is 5.91 Å². The molecule has 0 aromatic heterocycles. The van der Waals surface area contributed by atoms with E-state index < -0.39 is 12.5 Å². The largest absolute Gasteiger partial charge is 0.386 e. The van der Waals surface area contributed by atoms with E-state index in [4.69, 9.17) is 5.11 Å². The lowest BCUT2D eigenvalue weighted by atomic mass is 10.3. The second-order valence-electron chi connectivity index (χ2n) is 3.77. The number of likely N-dealkylation sites (N-methyl/N-ethyl adjacent to an activating group) is 1. The van der Waals surface area contributed by atoms with Crippen molar-refractivity contribution in [1.82, 2.24) is 10.2 Å². The highest BCUT2D eigenvalue weighted by molar-refractivity contribution is 5.78. The Morgan fingerprint density at radius 3 is 2.67 bits per heavy atom. The van der Waals surface area contributed by atoms with Crippen LogP contribution in [-0.4, -0.2) is 54.6 Å². The zero-order valence-electron chi connectivity index (χ0n) is 8.62. The minimum atomic E-state index is -2.77. The van der Waals surface area contributed by atoms with Gasteiger partial charge in [-0.1, -0.05) is 0 Å². The molecular formula is C9H16F2N2O2. The van der Waals surface area contributed by atoms with Gasteiger partial charge in [-0.05, 0) is 12.8 Å². The van der Waals surface area contributed by atoms with Crippen molar-refractivity contribution in [2.45, 2.75) is 31.4 Å². The fourth-order valence-corrected chi connectivity index (χ4v) is 1.21. The summed E-state index contributed by atoms with van der Waals surface area (Å²) < 4.78 is 23.7. The average Bonchev–Trinajstić information content (AvgIpc) is 2.99. The highest BCUT2D eigenvalue weighted by Crippen LogP contribution is 2.24. The molecule has 0 aromatic rings. The standard InChI is InChI=1S/C9H16F2N2O2/c1-13(6-2-3-6)8(15)5-12-4-7(14)9(10)11/h6-7,9,12,14H,2-5H2,1H3. The fraction of sp³-hybridized carbons (Fsp3) is 0.889. The number of nitrogens with zero attached hydrogens (tertiary/aromatic N) is 1. The van der Waals surface area contributed by atoms with Crippen molar-refractivity contribution in [2.24, 2.45) is 0 Å². The zero-order chi connectivity index (χ0) is 11.4. The van der Waals surface area contributed by atoms with Crippen LogP contribution < -0.4 is 5.32 Å². The summed E-state index contributed by atoms with van der Waals surface area (Å²) in [6, 6.07) is 0.319. The predicted molar refractivity (Wildman–Crippen MR) is 50.7 cm³/mol. The molecule has 1 atom stereocenters. The number of amides is 1. The first-order valence-electron chi connectivity index (χ1n) is 4.95. The third-order valence-electron chi connectivity index (χ3n) is 2.41. The number of carbonyl (C=O) groups is 1. The van der Waals surface area contributed by atoms with Gasteiger partial charge < -0.3 is 15.3 Å². The van der Waals surface area contributed by atoms with Crippen LogP contribution in [0.4, 0.5) is 8.78 Å². The SMILES string of the molecule is CN(C(=O)CNCC(O)C(F)F)C1CC1. The minimum absolute atomic E-state index is 0.00319. The van der Waals surface area contributed by atoms with Crippen LogP contribution in [0.5, 0.6) is 0 Å². The van der Waals surface area contributed by atoms with Crippen molar-refractivity contribution in [2.75, 3.05) is 20.1 Å². The molecule has 1 fully saturated rings. The molecule has 0 aromatic carbocycles. The normalized spacial score (nSPS) is 17.9. The molecule has 0 bridgehead atoms. The van der Waals surface area contributed by atoms with Crippen molar-refractivity contribution in [3.05, 3.63) is 0 Å². The maximum atomic E-state index is 11.9. The Morgan fingerprint density at radius 1 is 1.60 bits per heavy atom. The quantitative estimate of drug-likeness (QED) is 0.655. The third-order valence-corrected chi connectivity index (χ3v) is 2.41. The van der Waals surface area contributed by atoms with Crippen LogP contribution in [0.1, 0.15) is 12.8 Å². The molecule has 6 heteroatoms. The van der Waals surface area contributed by atoms with Crippen LogP contribution in [0, 0.1) is 0 Å². The minimum Gasteiger partial charge on any atom is -0.386 e. The molecule has 4 nitrogen and oxygen atoms in total. The lowest BCUT2D eigenvalue weighted by molar-refractivity contribution is -0.129. The van der Waals surface area contributed by atoms with E-state index in [9.17, 15) is 13.6 Å². The van der Waals surface area contributed by atoms with Crippen molar-refractivity contribution in [3.8, 4) is 0 Å². The Bertz CT molecular complexity index is 222. The second kappa shape index (κ2) is 5.37. The number of hydrogen-bond donors (Lipinski definition) is 2. The van der Waals surface area contributed by atoms with Gasteiger partial charge in [0.2, 0.25) is 5.91 Å². The summed E-state index contributed by atoms with van der Waals surface area (Å²) in [5.74, 6) is -0.126. The van der Waals surface area contributed by atoms with Crippen molar-refractivity contribution in [3.63, 3.8) is 0 Å². The number of nitrogens with one attached hydrogen (secondary N) is 1. The molecule has 0 spiro atoms.